The summed E-state index contributed by atoms with van der Waals surface area (Å²) in [5, 5.41) is 10.3. The lowest BCUT2D eigenvalue weighted by Crippen LogP contribution is -2.35. The highest BCUT2D eigenvalue weighted by Gasteiger charge is 2.19. The van der Waals surface area contributed by atoms with Crippen LogP contribution in [0, 0.1) is 0 Å². The van der Waals surface area contributed by atoms with Crippen molar-refractivity contribution in [1.29, 1.82) is 0 Å². The highest BCUT2D eigenvalue weighted by atomic mass is 32.2. The molecule has 1 aromatic rings. The predicted octanol–water partition coefficient (Wildman–Crippen LogP) is 0.653. The van der Waals surface area contributed by atoms with Crippen molar-refractivity contribution in [3.05, 3.63) is 26.4 Å². The molecule has 1 saturated heterocycles. The van der Waals surface area contributed by atoms with E-state index in [2.05, 4.69) is 4.98 Å². The summed E-state index contributed by atoms with van der Waals surface area (Å²) in [4.78, 5) is 25.5. The number of hydrogen-bond donors (Lipinski definition) is 2. The summed E-state index contributed by atoms with van der Waals surface area (Å²) >= 11 is 3.67. The lowest BCUT2D eigenvalue weighted by Gasteiger charge is -2.22. The molecule has 0 spiro atoms. The minimum atomic E-state index is -0.522. The average molecular weight is 288 g/mol. The summed E-state index contributed by atoms with van der Waals surface area (Å²) in [5.74, 6) is 2.99. The molecule has 1 aliphatic rings. The van der Waals surface area contributed by atoms with Crippen molar-refractivity contribution in [3.8, 4) is 5.88 Å². The van der Waals surface area contributed by atoms with Crippen LogP contribution in [0.2, 0.25) is 0 Å². The van der Waals surface area contributed by atoms with Crippen LogP contribution in [0.15, 0.2) is 9.59 Å². The summed E-state index contributed by atoms with van der Waals surface area (Å²) in [6, 6.07) is 0. The molecule has 0 radical (unpaired) electrons. The molecular formula is C11H16N2O3S2. The molecule has 2 rings (SSSR count). The Balaban J connectivity index is 2.32. The van der Waals surface area contributed by atoms with Crippen LogP contribution in [0.1, 0.15) is 12.5 Å². The van der Waals surface area contributed by atoms with Crippen LogP contribution >= 0.6 is 23.5 Å². The third-order valence-corrected chi connectivity index (χ3v) is 5.72. The van der Waals surface area contributed by atoms with Crippen LogP contribution in [0.25, 0.3) is 0 Å². The number of aromatic hydroxyl groups is 1. The van der Waals surface area contributed by atoms with E-state index in [0.29, 0.717) is 18.2 Å². The van der Waals surface area contributed by atoms with Gasteiger partial charge in [-0.05, 0) is 6.42 Å². The number of aromatic amines is 1. The molecule has 2 N–H and O–H groups in total. The minimum absolute atomic E-state index is 0.178. The van der Waals surface area contributed by atoms with Crippen molar-refractivity contribution < 1.29 is 5.11 Å². The topological polar surface area (TPSA) is 75.1 Å². The quantitative estimate of drug-likeness (QED) is 0.854. The molecular weight excluding hydrogens is 272 g/mol. The molecule has 1 fully saturated rings. The molecule has 0 saturated carbocycles. The van der Waals surface area contributed by atoms with Gasteiger partial charge in [0, 0.05) is 29.1 Å². The normalized spacial score (nSPS) is 19.9. The fourth-order valence-electron chi connectivity index (χ4n) is 1.93. The number of nitrogens with one attached hydrogen (secondary N) is 1. The van der Waals surface area contributed by atoms with Crippen LogP contribution in [-0.2, 0) is 13.0 Å². The van der Waals surface area contributed by atoms with Gasteiger partial charge in [-0.3, -0.25) is 14.3 Å². The van der Waals surface area contributed by atoms with E-state index in [1.807, 2.05) is 23.5 Å². The average Bonchev–Trinajstić information content (AvgIpc) is 2.36. The van der Waals surface area contributed by atoms with Gasteiger partial charge < -0.3 is 5.11 Å². The first kappa shape index (κ1) is 13.6. The first-order valence-corrected chi connectivity index (χ1v) is 8.08. The van der Waals surface area contributed by atoms with Crippen molar-refractivity contribution in [3.63, 3.8) is 0 Å². The van der Waals surface area contributed by atoms with Gasteiger partial charge in [0.15, 0.2) is 0 Å². The molecule has 1 atom stereocenters. The van der Waals surface area contributed by atoms with Crippen molar-refractivity contribution in [2.45, 2.75) is 25.1 Å². The van der Waals surface area contributed by atoms with E-state index in [4.69, 9.17) is 0 Å². The van der Waals surface area contributed by atoms with E-state index < -0.39 is 11.2 Å². The van der Waals surface area contributed by atoms with Gasteiger partial charge >= 0.3 is 5.69 Å². The number of hydrogen-bond acceptors (Lipinski definition) is 5. The summed E-state index contributed by atoms with van der Waals surface area (Å²) in [7, 11) is 0. The molecule has 1 aromatic heterocycles. The van der Waals surface area contributed by atoms with Gasteiger partial charge in [-0.1, -0.05) is 6.92 Å². The Kier molecular flexibility index (Phi) is 4.45. The highest BCUT2D eigenvalue weighted by Crippen LogP contribution is 2.26. The molecule has 0 bridgehead atoms. The summed E-state index contributed by atoms with van der Waals surface area (Å²) in [5.41, 5.74) is -0.726. The van der Waals surface area contributed by atoms with Crippen LogP contribution in [0.3, 0.4) is 0 Å². The summed E-state index contributed by atoms with van der Waals surface area (Å²) in [6.07, 6.45) is 0.411. The van der Waals surface area contributed by atoms with E-state index >= 15 is 0 Å². The number of thioether (sulfide) groups is 2. The van der Waals surface area contributed by atoms with Crippen molar-refractivity contribution in [1.82, 2.24) is 9.55 Å². The molecule has 5 nitrogen and oxygen atoms in total. The zero-order valence-corrected chi connectivity index (χ0v) is 11.8. The predicted molar refractivity (Wildman–Crippen MR) is 75.9 cm³/mol. The van der Waals surface area contributed by atoms with Crippen molar-refractivity contribution in [2.75, 3.05) is 17.3 Å². The summed E-state index contributed by atoms with van der Waals surface area (Å²) in [6.45, 7) is 2.23. The van der Waals surface area contributed by atoms with E-state index in [-0.39, 0.29) is 11.4 Å². The Morgan fingerprint density at radius 1 is 1.44 bits per heavy atom. The molecule has 2 heterocycles. The molecule has 1 aliphatic heterocycles. The van der Waals surface area contributed by atoms with Crippen LogP contribution in [-0.4, -0.2) is 37.2 Å². The van der Waals surface area contributed by atoms with E-state index in [1.165, 1.54) is 4.57 Å². The maximum absolute atomic E-state index is 11.7. The zero-order chi connectivity index (χ0) is 13.1. The molecule has 18 heavy (non-hydrogen) atoms. The van der Waals surface area contributed by atoms with Gasteiger partial charge in [-0.2, -0.15) is 23.5 Å². The van der Waals surface area contributed by atoms with Gasteiger partial charge in [0.2, 0.25) is 5.88 Å². The smallest absolute Gasteiger partial charge is 0.331 e. The molecule has 1 unspecified atom stereocenters. The number of rotatable bonds is 3. The van der Waals surface area contributed by atoms with Crippen LogP contribution in [0.4, 0.5) is 0 Å². The monoisotopic (exact) mass is 288 g/mol. The van der Waals surface area contributed by atoms with E-state index in [0.717, 1.165) is 17.3 Å². The van der Waals surface area contributed by atoms with Gasteiger partial charge in [0.1, 0.15) is 0 Å². The van der Waals surface area contributed by atoms with E-state index in [1.54, 1.807) is 6.92 Å². The Hall–Kier alpha value is -0.820. The molecule has 0 amide bonds. The Morgan fingerprint density at radius 2 is 2.22 bits per heavy atom. The van der Waals surface area contributed by atoms with Crippen LogP contribution in [0.5, 0.6) is 5.88 Å². The number of nitrogens with zero attached hydrogens (tertiary/aromatic N) is 1. The van der Waals surface area contributed by atoms with Gasteiger partial charge in [0.05, 0.1) is 5.56 Å². The Labute approximate surface area is 113 Å². The largest absolute Gasteiger partial charge is 0.494 e. The van der Waals surface area contributed by atoms with Crippen molar-refractivity contribution in [2.24, 2.45) is 0 Å². The number of aromatic nitrogens is 2. The Morgan fingerprint density at radius 3 is 2.83 bits per heavy atom. The van der Waals surface area contributed by atoms with Gasteiger partial charge in [-0.25, -0.2) is 4.79 Å². The lowest BCUT2D eigenvalue weighted by molar-refractivity contribution is 0.393. The minimum Gasteiger partial charge on any atom is -0.494 e. The van der Waals surface area contributed by atoms with Crippen molar-refractivity contribution >= 4 is 23.5 Å². The van der Waals surface area contributed by atoms with Gasteiger partial charge in [-0.15, -0.1) is 0 Å². The summed E-state index contributed by atoms with van der Waals surface area (Å²) < 4.78 is 1.28. The maximum atomic E-state index is 11.7. The maximum Gasteiger partial charge on any atom is 0.331 e. The second kappa shape index (κ2) is 5.88. The SMILES string of the molecule is CCc1c(O)n(CC2CSCCS2)c(=O)[nH]c1=O. The lowest BCUT2D eigenvalue weighted by atomic mass is 10.2. The van der Waals surface area contributed by atoms with Crippen LogP contribution < -0.4 is 11.2 Å². The first-order valence-electron chi connectivity index (χ1n) is 5.87. The second-order valence-electron chi connectivity index (χ2n) is 4.09. The van der Waals surface area contributed by atoms with E-state index in [9.17, 15) is 14.7 Å². The molecule has 100 valence electrons. The third kappa shape index (κ3) is 2.77. The highest BCUT2D eigenvalue weighted by molar-refractivity contribution is 8.06. The molecule has 0 aliphatic carbocycles. The molecule has 7 heteroatoms. The third-order valence-electron chi connectivity index (χ3n) is 2.89. The Bertz CT molecular complexity index is 532. The fourth-order valence-corrected chi connectivity index (χ4v) is 4.59. The number of H-pyrrole nitrogens is 1. The fraction of sp³-hybridized carbons (Fsp3) is 0.636. The zero-order valence-electron chi connectivity index (χ0n) is 10.1. The second-order valence-corrected chi connectivity index (χ2v) is 6.65. The molecule has 0 aromatic carbocycles. The standard InChI is InChI=1S/C11H16N2O3S2/c1-2-8-9(14)12-11(16)13(10(8)15)5-7-6-17-3-4-18-7/h7,15H,2-6H2,1H3,(H,12,14,16). The first-order chi connectivity index (χ1) is 8.63. The van der Waals surface area contributed by atoms with Gasteiger partial charge in [0.25, 0.3) is 5.56 Å².